The van der Waals surface area contributed by atoms with Gasteiger partial charge in [0, 0.05) is 6.42 Å². The quantitative estimate of drug-likeness (QED) is 0.794. The second-order valence-corrected chi connectivity index (χ2v) is 5.21. The maximum atomic E-state index is 13.0. The highest BCUT2D eigenvalue weighted by Gasteiger charge is 2.02. The van der Waals surface area contributed by atoms with Gasteiger partial charge in [0.2, 0.25) is 0 Å². The van der Waals surface area contributed by atoms with Gasteiger partial charge in [-0.2, -0.15) is 0 Å². The Balaban J connectivity index is 1.92. The molecule has 0 heterocycles. The van der Waals surface area contributed by atoms with E-state index in [1.54, 1.807) is 13.0 Å². The fraction of sp³-hybridized carbons (Fsp3) is 0.278. The third-order valence-corrected chi connectivity index (χ3v) is 3.39. The Labute approximate surface area is 124 Å². The number of ether oxygens (including phenoxy) is 1. The van der Waals surface area contributed by atoms with Crippen molar-refractivity contribution in [1.29, 1.82) is 0 Å². The lowest BCUT2D eigenvalue weighted by Gasteiger charge is -2.09. The van der Waals surface area contributed by atoms with Crippen molar-refractivity contribution in [2.75, 3.05) is 0 Å². The van der Waals surface area contributed by atoms with Gasteiger partial charge in [0.15, 0.2) is 0 Å². The Kier molecular flexibility index (Phi) is 5.09. The molecule has 2 rings (SSSR count). The van der Waals surface area contributed by atoms with Crippen LogP contribution in [-0.4, -0.2) is 5.78 Å². The first kappa shape index (κ1) is 15.2. The molecule has 0 spiro atoms. The van der Waals surface area contributed by atoms with Crippen LogP contribution in [0.15, 0.2) is 42.5 Å². The average molecular weight is 286 g/mol. The van der Waals surface area contributed by atoms with Crippen molar-refractivity contribution in [3.05, 3.63) is 65.0 Å². The summed E-state index contributed by atoms with van der Waals surface area (Å²) in [7, 11) is 0. The first-order chi connectivity index (χ1) is 10.0. The third kappa shape index (κ3) is 4.71. The zero-order valence-electron chi connectivity index (χ0n) is 12.4. The standard InChI is InChI=1S/C18H19FO2/c1-13-11-17(19)8-7-16(13)12-21-18-9-5-15(6-10-18)4-3-14(2)20/h5-11H,3-4,12H2,1-2H3. The number of hydrogen-bond donors (Lipinski definition) is 0. The lowest BCUT2D eigenvalue weighted by molar-refractivity contribution is -0.116. The second kappa shape index (κ2) is 7.02. The molecule has 110 valence electrons. The SMILES string of the molecule is CC(=O)CCc1ccc(OCc2ccc(F)cc2C)cc1. The topological polar surface area (TPSA) is 26.3 Å². The Hall–Kier alpha value is -2.16. The number of carbonyl (C=O) groups is 1. The molecule has 0 aromatic heterocycles. The van der Waals surface area contributed by atoms with E-state index in [1.165, 1.54) is 12.1 Å². The fourth-order valence-electron chi connectivity index (χ4n) is 2.06. The van der Waals surface area contributed by atoms with Gasteiger partial charge in [-0.1, -0.05) is 18.2 Å². The molecule has 0 saturated carbocycles. The lowest BCUT2D eigenvalue weighted by atomic mass is 10.1. The molecule has 2 aromatic rings. The minimum Gasteiger partial charge on any atom is -0.489 e. The van der Waals surface area contributed by atoms with E-state index in [0.29, 0.717) is 13.0 Å². The minimum atomic E-state index is -0.230. The summed E-state index contributed by atoms with van der Waals surface area (Å²) in [6.45, 7) is 3.88. The molecule has 3 heteroatoms. The van der Waals surface area contributed by atoms with Crippen molar-refractivity contribution in [1.82, 2.24) is 0 Å². The first-order valence-corrected chi connectivity index (χ1v) is 7.01. The van der Waals surface area contributed by atoms with Crippen LogP contribution in [0, 0.1) is 12.7 Å². The van der Waals surface area contributed by atoms with Gasteiger partial charge in [0.05, 0.1) is 0 Å². The summed E-state index contributed by atoms with van der Waals surface area (Å²) in [6, 6.07) is 12.4. The van der Waals surface area contributed by atoms with Gasteiger partial charge in [0.1, 0.15) is 24.0 Å². The fourth-order valence-corrected chi connectivity index (χ4v) is 2.06. The average Bonchev–Trinajstić information content (AvgIpc) is 2.45. The maximum Gasteiger partial charge on any atom is 0.130 e. The Morgan fingerprint density at radius 3 is 2.48 bits per heavy atom. The predicted molar refractivity (Wildman–Crippen MR) is 80.9 cm³/mol. The predicted octanol–water partition coefficient (Wildman–Crippen LogP) is 4.23. The number of Topliss-reactive ketones (excluding diaryl/α,β-unsaturated/α-hetero) is 1. The molecule has 0 fully saturated rings. The zero-order chi connectivity index (χ0) is 15.2. The number of halogens is 1. The molecule has 0 unspecified atom stereocenters. The maximum absolute atomic E-state index is 13.0. The van der Waals surface area contributed by atoms with E-state index < -0.39 is 0 Å². The van der Waals surface area contributed by atoms with Crippen LogP contribution in [0.1, 0.15) is 30.0 Å². The molecule has 2 nitrogen and oxygen atoms in total. The van der Waals surface area contributed by atoms with Crippen LogP contribution in [0.3, 0.4) is 0 Å². The number of benzene rings is 2. The molecular formula is C18H19FO2. The summed E-state index contributed by atoms with van der Waals surface area (Å²) < 4.78 is 18.7. The molecule has 0 amide bonds. The van der Waals surface area contributed by atoms with Crippen LogP contribution in [-0.2, 0) is 17.8 Å². The van der Waals surface area contributed by atoms with E-state index in [-0.39, 0.29) is 11.6 Å². The molecular weight excluding hydrogens is 267 g/mol. The zero-order valence-corrected chi connectivity index (χ0v) is 12.4. The van der Waals surface area contributed by atoms with Crippen LogP contribution >= 0.6 is 0 Å². The van der Waals surface area contributed by atoms with Crippen LogP contribution in [0.4, 0.5) is 4.39 Å². The summed E-state index contributed by atoms with van der Waals surface area (Å²) >= 11 is 0. The molecule has 2 aromatic carbocycles. The van der Waals surface area contributed by atoms with Crippen LogP contribution in [0.5, 0.6) is 5.75 Å². The summed E-state index contributed by atoms with van der Waals surface area (Å²) in [4.78, 5) is 10.9. The van der Waals surface area contributed by atoms with E-state index in [9.17, 15) is 9.18 Å². The molecule has 0 N–H and O–H groups in total. The smallest absolute Gasteiger partial charge is 0.130 e. The van der Waals surface area contributed by atoms with Gasteiger partial charge in [-0.05, 0) is 61.2 Å². The van der Waals surface area contributed by atoms with Gasteiger partial charge in [-0.25, -0.2) is 4.39 Å². The van der Waals surface area contributed by atoms with Gasteiger partial charge in [-0.3, -0.25) is 0 Å². The molecule has 0 saturated heterocycles. The highest BCUT2D eigenvalue weighted by atomic mass is 19.1. The number of ketones is 1. The summed E-state index contributed by atoms with van der Waals surface area (Å²) in [6.07, 6.45) is 1.32. The molecule has 0 aliphatic rings. The Bertz CT molecular complexity index is 618. The van der Waals surface area contributed by atoms with E-state index >= 15 is 0 Å². The lowest BCUT2D eigenvalue weighted by Crippen LogP contribution is -1.99. The van der Waals surface area contributed by atoms with Crippen LogP contribution in [0.25, 0.3) is 0 Å². The second-order valence-electron chi connectivity index (χ2n) is 5.21. The molecule has 0 atom stereocenters. The van der Waals surface area contributed by atoms with Crippen molar-refractivity contribution < 1.29 is 13.9 Å². The van der Waals surface area contributed by atoms with Crippen molar-refractivity contribution in [2.24, 2.45) is 0 Å². The van der Waals surface area contributed by atoms with Crippen molar-refractivity contribution in [3.63, 3.8) is 0 Å². The summed E-state index contributed by atoms with van der Waals surface area (Å²) in [5, 5.41) is 0. The Morgan fingerprint density at radius 1 is 1.14 bits per heavy atom. The van der Waals surface area contributed by atoms with E-state index in [0.717, 1.165) is 28.9 Å². The van der Waals surface area contributed by atoms with Crippen molar-refractivity contribution in [3.8, 4) is 5.75 Å². The largest absolute Gasteiger partial charge is 0.489 e. The number of carbonyl (C=O) groups excluding carboxylic acids is 1. The van der Waals surface area contributed by atoms with Gasteiger partial charge < -0.3 is 9.53 Å². The minimum absolute atomic E-state index is 0.196. The van der Waals surface area contributed by atoms with Gasteiger partial charge in [0.25, 0.3) is 0 Å². The molecule has 0 bridgehead atoms. The molecule has 0 aliphatic heterocycles. The number of hydrogen-bond acceptors (Lipinski definition) is 2. The van der Waals surface area contributed by atoms with Crippen molar-refractivity contribution in [2.45, 2.75) is 33.3 Å². The van der Waals surface area contributed by atoms with Crippen molar-refractivity contribution >= 4 is 5.78 Å². The third-order valence-electron chi connectivity index (χ3n) is 3.39. The highest BCUT2D eigenvalue weighted by molar-refractivity contribution is 5.75. The summed E-state index contributed by atoms with van der Waals surface area (Å²) in [5.41, 5.74) is 2.97. The number of rotatable bonds is 6. The first-order valence-electron chi connectivity index (χ1n) is 7.01. The van der Waals surface area contributed by atoms with E-state index in [4.69, 9.17) is 4.74 Å². The Morgan fingerprint density at radius 2 is 1.86 bits per heavy atom. The van der Waals surface area contributed by atoms with Gasteiger partial charge >= 0.3 is 0 Å². The van der Waals surface area contributed by atoms with Crippen LogP contribution in [0.2, 0.25) is 0 Å². The number of aryl methyl sites for hydroxylation is 2. The van der Waals surface area contributed by atoms with Gasteiger partial charge in [-0.15, -0.1) is 0 Å². The molecule has 0 radical (unpaired) electrons. The molecule has 21 heavy (non-hydrogen) atoms. The highest BCUT2D eigenvalue weighted by Crippen LogP contribution is 2.17. The van der Waals surface area contributed by atoms with Crippen LogP contribution < -0.4 is 4.74 Å². The van der Waals surface area contributed by atoms with E-state index in [2.05, 4.69) is 0 Å². The molecule has 0 aliphatic carbocycles. The normalized spacial score (nSPS) is 10.4. The van der Waals surface area contributed by atoms with E-state index in [1.807, 2.05) is 31.2 Å². The monoisotopic (exact) mass is 286 g/mol. The summed E-state index contributed by atoms with van der Waals surface area (Å²) in [5.74, 6) is 0.735.